The van der Waals surface area contributed by atoms with E-state index in [9.17, 15) is 0 Å². The standard InChI is InChI=1S/C8H11N3/c1-2-8(11-10-5-1)9-6-7-3-4-7/h1-2,5,7H,3-4,6H2,(H,9,11). The van der Waals surface area contributed by atoms with Gasteiger partial charge in [0.15, 0.2) is 0 Å². The summed E-state index contributed by atoms with van der Waals surface area (Å²) in [6.45, 7) is 1.05. The molecule has 2 rings (SSSR count). The van der Waals surface area contributed by atoms with Gasteiger partial charge in [0.05, 0.1) is 0 Å². The quantitative estimate of drug-likeness (QED) is 0.703. The minimum Gasteiger partial charge on any atom is -0.368 e. The fraction of sp³-hybridized carbons (Fsp3) is 0.500. The molecule has 1 saturated carbocycles. The van der Waals surface area contributed by atoms with E-state index >= 15 is 0 Å². The highest BCUT2D eigenvalue weighted by Gasteiger charge is 2.20. The lowest BCUT2D eigenvalue weighted by Gasteiger charge is -2.00. The third-order valence-electron chi connectivity index (χ3n) is 1.84. The summed E-state index contributed by atoms with van der Waals surface area (Å²) in [7, 11) is 0. The molecular weight excluding hydrogens is 138 g/mol. The molecule has 1 aromatic rings. The molecule has 1 fully saturated rings. The van der Waals surface area contributed by atoms with Crippen LogP contribution in [0.25, 0.3) is 0 Å². The fourth-order valence-electron chi connectivity index (χ4n) is 0.967. The van der Waals surface area contributed by atoms with Gasteiger partial charge in [0.2, 0.25) is 0 Å². The number of aromatic nitrogens is 2. The van der Waals surface area contributed by atoms with Crippen molar-refractivity contribution >= 4 is 5.82 Å². The van der Waals surface area contributed by atoms with Gasteiger partial charge in [0, 0.05) is 12.7 Å². The van der Waals surface area contributed by atoms with Crippen LogP contribution in [0.3, 0.4) is 0 Å². The van der Waals surface area contributed by atoms with Gasteiger partial charge in [0.25, 0.3) is 0 Å². The van der Waals surface area contributed by atoms with Crippen molar-refractivity contribution in [2.24, 2.45) is 5.92 Å². The maximum absolute atomic E-state index is 3.92. The highest BCUT2D eigenvalue weighted by atomic mass is 15.2. The van der Waals surface area contributed by atoms with E-state index in [2.05, 4.69) is 15.5 Å². The van der Waals surface area contributed by atoms with Crippen molar-refractivity contribution in [1.29, 1.82) is 0 Å². The molecular formula is C8H11N3. The Morgan fingerprint density at radius 2 is 2.45 bits per heavy atom. The summed E-state index contributed by atoms with van der Waals surface area (Å²) in [5.41, 5.74) is 0. The summed E-state index contributed by atoms with van der Waals surface area (Å²) >= 11 is 0. The molecule has 1 aliphatic carbocycles. The Hall–Kier alpha value is -1.12. The van der Waals surface area contributed by atoms with Crippen molar-refractivity contribution < 1.29 is 0 Å². The summed E-state index contributed by atoms with van der Waals surface area (Å²) in [5, 5.41) is 10.9. The monoisotopic (exact) mass is 149 g/mol. The van der Waals surface area contributed by atoms with Crippen LogP contribution in [0.15, 0.2) is 18.3 Å². The van der Waals surface area contributed by atoms with Crippen molar-refractivity contribution in [1.82, 2.24) is 10.2 Å². The van der Waals surface area contributed by atoms with E-state index in [1.807, 2.05) is 12.1 Å². The predicted octanol–water partition coefficient (Wildman–Crippen LogP) is 1.30. The maximum Gasteiger partial charge on any atom is 0.148 e. The molecule has 0 aromatic carbocycles. The third-order valence-corrected chi connectivity index (χ3v) is 1.84. The van der Waals surface area contributed by atoms with E-state index in [1.165, 1.54) is 12.8 Å². The third kappa shape index (κ3) is 1.90. The number of nitrogens with zero attached hydrogens (tertiary/aromatic N) is 2. The van der Waals surface area contributed by atoms with Gasteiger partial charge in [-0.05, 0) is 30.9 Å². The van der Waals surface area contributed by atoms with Gasteiger partial charge in [0.1, 0.15) is 5.82 Å². The van der Waals surface area contributed by atoms with Crippen LogP contribution in [0, 0.1) is 5.92 Å². The molecule has 0 amide bonds. The van der Waals surface area contributed by atoms with Crippen LogP contribution in [0.4, 0.5) is 5.82 Å². The van der Waals surface area contributed by atoms with Gasteiger partial charge in [-0.25, -0.2) is 0 Å². The van der Waals surface area contributed by atoms with Crippen LogP contribution in [0.5, 0.6) is 0 Å². The lowest BCUT2D eigenvalue weighted by Crippen LogP contribution is -2.04. The summed E-state index contributed by atoms with van der Waals surface area (Å²) in [4.78, 5) is 0. The first kappa shape index (κ1) is 6.58. The molecule has 0 radical (unpaired) electrons. The Bertz CT molecular complexity index is 218. The molecule has 0 atom stereocenters. The second-order valence-electron chi connectivity index (χ2n) is 2.93. The van der Waals surface area contributed by atoms with Crippen molar-refractivity contribution in [3.63, 3.8) is 0 Å². The molecule has 1 N–H and O–H groups in total. The molecule has 0 bridgehead atoms. The Labute approximate surface area is 65.8 Å². The van der Waals surface area contributed by atoms with Crippen LogP contribution in [0.1, 0.15) is 12.8 Å². The van der Waals surface area contributed by atoms with Crippen LogP contribution in [-0.2, 0) is 0 Å². The SMILES string of the molecule is c1cnnc(NCC2CC2)c1. The average molecular weight is 149 g/mol. The van der Waals surface area contributed by atoms with E-state index in [4.69, 9.17) is 0 Å². The van der Waals surface area contributed by atoms with Crippen molar-refractivity contribution in [2.75, 3.05) is 11.9 Å². The lowest BCUT2D eigenvalue weighted by molar-refractivity contribution is 0.873. The minimum atomic E-state index is 0.886. The van der Waals surface area contributed by atoms with E-state index in [1.54, 1.807) is 6.20 Å². The molecule has 1 heterocycles. The molecule has 1 aromatic heterocycles. The molecule has 0 aliphatic heterocycles. The first-order valence-corrected chi connectivity index (χ1v) is 3.97. The molecule has 0 saturated heterocycles. The van der Waals surface area contributed by atoms with Gasteiger partial charge >= 0.3 is 0 Å². The summed E-state index contributed by atoms with van der Waals surface area (Å²) in [6.07, 6.45) is 4.42. The van der Waals surface area contributed by atoms with Gasteiger partial charge in [-0.2, -0.15) is 5.10 Å². The Balaban J connectivity index is 1.85. The van der Waals surface area contributed by atoms with Crippen LogP contribution < -0.4 is 5.32 Å². The van der Waals surface area contributed by atoms with Gasteiger partial charge < -0.3 is 5.32 Å². The lowest BCUT2D eigenvalue weighted by atomic mass is 10.4. The van der Waals surface area contributed by atoms with E-state index in [-0.39, 0.29) is 0 Å². The fourth-order valence-corrected chi connectivity index (χ4v) is 0.967. The summed E-state index contributed by atoms with van der Waals surface area (Å²) in [5.74, 6) is 1.77. The molecule has 0 spiro atoms. The normalized spacial score (nSPS) is 16.4. The van der Waals surface area contributed by atoms with E-state index in [0.717, 1.165) is 18.3 Å². The zero-order chi connectivity index (χ0) is 7.52. The molecule has 1 aliphatic rings. The number of anilines is 1. The highest BCUT2D eigenvalue weighted by Crippen LogP contribution is 2.28. The molecule has 3 nitrogen and oxygen atoms in total. The van der Waals surface area contributed by atoms with Crippen LogP contribution >= 0.6 is 0 Å². The van der Waals surface area contributed by atoms with Crippen molar-refractivity contribution in [3.05, 3.63) is 18.3 Å². The number of hydrogen-bond acceptors (Lipinski definition) is 3. The predicted molar refractivity (Wildman–Crippen MR) is 43.2 cm³/mol. The first-order valence-electron chi connectivity index (χ1n) is 3.97. The molecule has 0 unspecified atom stereocenters. The zero-order valence-electron chi connectivity index (χ0n) is 6.33. The van der Waals surface area contributed by atoms with E-state index < -0.39 is 0 Å². The summed E-state index contributed by atoms with van der Waals surface area (Å²) in [6, 6.07) is 3.83. The Morgan fingerprint density at radius 1 is 1.55 bits per heavy atom. The Morgan fingerprint density at radius 3 is 3.09 bits per heavy atom. The topological polar surface area (TPSA) is 37.8 Å². The van der Waals surface area contributed by atoms with Crippen LogP contribution in [-0.4, -0.2) is 16.7 Å². The number of nitrogens with one attached hydrogen (secondary N) is 1. The van der Waals surface area contributed by atoms with E-state index in [0.29, 0.717) is 0 Å². The van der Waals surface area contributed by atoms with Gasteiger partial charge in [-0.1, -0.05) is 0 Å². The largest absolute Gasteiger partial charge is 0.368 e. The highest BCUT2D eigenvalue weighted by molar-refractivity contribution is 5.31. The summed E-state index contributed by atoms with van der Waals surface area (Å²) < 4.78 is 0. The smallest absolute Gasteiger partial charge is 0.148 e. The molecule has 3 heteroatoms. The zero-order valence-corrected chi connectivity index (χ0v) is 6.33. The number of rotatable bonds is 3. The second-order valence-corrected chi connectivity index (χ2v) is 2.93. The maximum atomic E-state index is 3.92. The average Bonchev–Trinajstić information content (AvgIpc) is 2.86. The minimum absolute atomic E-state index is 0.886. The van der Waals surface area contributed by atoms with Gasteiger partial charge in [-0.3, -0.25) is 0 Å². The first-order chi connectivity index (χ1) is 5.45. The molecule has 11 heavy (non-hydrogen) atoms. The number of hydrogen-bond donors (Lipinski definition) is 1. The van der Waals surface area contributed by atoms with Gasteiger partial charge in [-0.15, -0.1) is 5.10 Å². The molecule has 58 valence electrons. The van der Waals surface area contributed by atoms with Crippen molar-refractivity contribution in [2.45, 2.75) is 12.8 Å². The van der Waals surface area contributed by atoms with Crippen LogP contribution in [0.2, 0.25) is 0 Å². The Kier molecular flexibility index (Phi) is 1.71. The van der Waals surface area contributed by atoms with Crippen molar-refractivity contribution in [3.8, 4) is 0 Å². The second kappa shape index (κ2) is 2.86.